The number of rotatable bonds is 8. The minimum atomic E-state index is -1.03. The molecular formula is C23H23N3O5. The minimum Gasteiger partial charge on any atom is -0.484 e. The number of nitrogens with one attached hydrogen (secondary N) is 1. The first-order valence-electron chi connectivity index (χ1n) is 9.83. The number of ether oxygens (including phenoxy) is 1. The summed E-state index contributed by atoms with van der Waals surface area (Å²) in [7, 11) is 0. The van der Waals surface area contributed by atoms with Crippen molar-refractivity contribution in [3.8, 4) is 5.75 Å². The highest BCUT2D eigenvalue weighted by atomic mass is 16.5. The van der Waals surface area contributed by atoms with Gasteiger partial charge in [0.25, 0.3) is 11.8 Å². The highest BCUT2D eigenvalue weighted by molar-refractivity contribution is 6.32. The maximum absolute atomic E-state index is 12.8. The molecular weight excluding hydrogens is 398 g/mol. The van der Waals surface area contributed by atoms with E-state index in [9.17, 15) is 14.4 Å². The summed E-state index contributed by atoms with van der Waals surface area (Å²) in [6, 6.07) is 13.0. The van der Waals surface area contributed by atoms with E-state index in [1.54, 1.807) is 49.4 Å². The van der Waals surface area contributed by atoms with Crippen molar-refractivity contribution in [2.75, 3.05) is 18.2 Å². The fraction of sp³-hybridized carbons (Fsp3) is 0.217. The number of anilines is 1. The van der Waals surface area contributed by atoms with Gasteiger partial charge in [0.1, 0.15) is 5.75 Å². The minimum absolute atomic E-state index is 0.0552. The van der Waals surface area contributed by atoms with Crippen LogP contribution in [0.4, 0.5) is 5.69 Å². The van der Waals surface area contributed by atoms with Gasteiger partial charge in [0.2, 0.25) is 0 Å². The molecule has 0 saturated carbocycles. The van der Waals surface area contributed by atoms with E-state index in [1.165, 1.54) is 17.1 Å². The number of amides is 2. The molecule has 160 valence electrons. The number of carbonyl (C=O) groups is 3. The van der Waals surface area contributed by atoms with Crippen molar-refractivity contribution in [3.05, 3.63) is 65.2 Å². The first kappa shape index (κ1) is 21.8. The quantitative estimate of drug-likeness (QED) is 0.637. The van der Waals surface area contributed by atoms with E-state index in [1.807, 2.05) is 6.92 Å². The van der Waals surface area contributed by atoms with Crippen molar-refractivity contribution in [1.29, 1.82) is 0 Å². The zero-order valence-corrected chi connectivity index (χ0v) is 17.3. The molecule has 0 saturated heterocycles. The number of aromatic carboxylic acids is 1. The number of hydrogen-bond donors (Lipinski definition) is 2. The number of hydrogen-bond acceptors (Lipinski definition) is 5. The molecule has 0 aromatic heterocycles. The summed E-state index contributed by atoms with van der Waals surface area (Å²) in [5, 5.41) is 17.3. The Morgan fingerprint density at radius 1 is 1.13 bits per heavy atom. The lowest BCUT2D eigenvalue weighted by Crippen LogP contribution is -2.29. The topological polar surface area (TPSA) is 108 Å². The van der Waals surface area contributed by atoms with E-state index in [-0.39, 0.29) is 24.0 Å². The molecule has 2 amide bonds. The van der Waals surface area contributed by atoms with Crippen LogP contribution in [0.15, 0.2) is 59.2 Å². The summed E-state index contributed by atoms with van der Waals surface area (Å²) in [4.78, 5) is 35.4. The largest absolute Gasteiger partial charge is 0.484 e. The standard InChI is InChI=1S/C23H23N3O5/c1-3-12-24-21(27)14-31-19-10-4-16(5-11-19)13-20-15(2)25-26(22(20)28)18-8-6-17(7-9-18)23(29)30/h4-11,13H,3,12,14H2,1-2H3,(H,24,27)(H,29,30)/b20-13-. The Kier molecular flexibility index (Phi) is 6.81. The molecule has 8 heteroatoms. The zero-order valence-electron chi connectivity index (χ0n) is 17.3. The highest BCUT2D eigenvalue weighted by Gasteiger charge is 2.28. The van der Waals surface area contributed by atoms with E-state index in [0.29, 0.717) is 29.3 Å². The van der Waals surface area contributed by atoms with Gasteiger partial charge >= 0.3 is 5.97 Å². The van der Waals surface area contributed by atoms with Gasteiger partial charge in [-0.05, 0) is 61.4 Å². The zero-order chi connectivity index (χ0) is 22.4. The van der Waals surface area contributed by atoms with Gasteiger partial charge in [-0.3, -0.25) is 9.59 Å². The Morgan fingerprint density at radius 2 is 1.81 bits per heavy atom. The third-order valence-electron chi connectivity index (χ3n) is 4.55. The van der Waals surface area contributed by atoms with Crippen LogP contribution in [0.3, 0.4) is 0 Å². The Bertz CT molecular complexity index is 1040. The second-order valence-corrected chi connectivity index (χ2v) is 6.92. The molecule has 3 rings (SSSR count). The molecule has 2 N–H and O–H groups in total. The second-order valence-electron chi connectivity index (χ2n) is 6.92. The third-order valence-corrected chi connectivity index (χ3v) is 4.55. The van der Waals surface area contributed by atoms with Crippen molar-refractivity contribution in [3.63, 3.8) is 0 Å². The Hall–Kier alpha value is -3.94. The second kappa shape index (κ2) is 9.71. The fourth-order valence-corrected chi connectivity index (χ4v) is 2.90. The lowest BCUT2D eigenvalue weighted by atomic mass is 10.1. The van der Waals surface area contributed by atoms with Crippen molar-refractivity contribution in [2.45, 2.75) is 20.3 Å². The van der Waals surface area contributed by atoms with Crippen LogP contribution in [0.2, 0.25) is 0 Å². The first-order chi connectivity index (χ1) is 14.9. The average molecular weight is 421 g/mol. The summed E-state index contributed by atoms with van der Waals surface area (Å²) < 4.78 is 5.46. The lowest BCUT2D eigenvalue weighted by molar-refractivity contribution is -0.123. The highest BCUT2D eigenvalue weighted by Crippen LogP contribution is 2.25. The number of carboxylic acid groups (broad SMARTS) is 1. The molecule has 0 atom stereocenters. The van der Waals surface area contributed by atoms with Gasteiger partial charge < -0.3 is 15.2 Å². The summed E-state index contributed by atoms with van der Waals surface area (Å²) in [5.74, 6) is -0.952. The van der Waals surface area contributed by atoms with Crippen LogP contribution in [0.25, 0.3) is 6.08 Å². The van der Waals surface area contributed by atoms with E-state index in [2.05, 4.69) is 10.4 Å². The molecule has 0 fully saturated rings. The fourth-order valence-electron chi connectivity index (χ4n) is 2.90. The maximum atomic E-state index is 12.8. The van der Waals surface area contributed by atoms with E-state index in [0.717, 1.165) is 12.0 Å². The molecule has 2 aromatic carbocycles. The molecule has 1 aliphatic heterocycles. The average Bonchev–Trinajstić information content (AvgIpc) is 3.05. The number of benzene rings is 2. The summed E-state index contributed by atoms with van der Waals surface area (Å²) >= 11 is 0. The van der Waals surface area contributed by atoms with Gasteiger partial charge in [-0.1, -0.05) is 19.1 Å². The van der Waals surface area contributed by atoms with Crippen LogP contribution in [0.1, 0.15) is 36.2 Å². The number of carboxylic acids is 1. The molecule has 0 aliphatic carbocycles. The van der Waals surface area contributed by atoms with Gasteiger partial charge in [0.15, 0.2) is 6.61 Å². The summed E-state index contributed by atoms with van der Waals surface area (Å²) in [5.41, 5.74) is 2.40. The van der Waals surface area contributed by atoms with Crippen molar-refractivity contribution >= 4 is 35.3 Å². The Morgan fingerprint density at radius 3 is 2.42 bits per heavy atom. The maximum Gasteiger partial charge on any atom is 0.335 e. The molecule has 8 nitrogen and oxygen atoms in total. The molecule has 31 heavy (non-hydrogen) atoms. The Labute approximate surface area is 179 Å². The van der Waals surface area contributed by atoms with Crippen molar-refractivity contribution in [1.82, 2.24) is 5.32 Å². The van der Waals surface area contributed by atoms with Crippen molar-refractivity contribution < 1.29 is 24.2 Å². The smallest absolute Gasteiger partial charge is 0.335 e. The monoisotopic (exact) mass is 421 g/mol. The predicted molar refractivity (Wildman–Crippen MR) is 117 cm³/mol. The number of carbonyl (C=O) groups excluding carboxylic acids is 2. The van der Waals surface area contributed by atoms with E-state index in [4.69, 9.17) is 9.84 Å². The summed E-state index contributed by atoms with van der Waals surface area (Å²) in [6.07, 6.45) is 2.59. The van der Waals surface area contributed by atoms with Crippen LogP contribution in [0.5, 0.6) is 5.75 Å². The molecule has 1 heterocycles. The van der Waals surface area contributed by atoms with Crippen molar-refractivity contribution in [2.24, 2.45) is 5.10 Å². The molecule has 0 radical (unpaired) electrons. The molecule has 1 aliphatic rings. The van der Waals surface area contributed by atoms with Gasteiger partial charge in [-0.2, -0.15) is 10.1 Å². The Balaban J connectivity index is 1.68. The van der Waals surface area contributed by atoms with Crippen LogP contribution < -0.4 is 15.1 Å². The predicted octanol–water partition coefficient (Wildman–Crippen LogP) is 3.10. The number of hydrazone groups is 1. The first-order valence-corrected chi connectivity index (χ1v) is 9.83. The number of nitrogens with zero attached hydrogens (tertiary/aromatic N) is 2. The van der Waals surface area contributed by atoms with Crippen LogP contribution in [-0.2, 0) is 9.59 Å². The van der Waals surface area contributed by atoms with E-state index >= 15 is 0 Å². The van der Waals surface area contributed by atoms with Gasteiger partial charge in [-0.25, -0.2) is 4.79 Å². The van der Waals surface area contributed by atoms with Crippen LogP contribution in [-0.4, -0.2) is 41.8 Å². The third kappa shape index (κ3) is 5.36. The van der Waals surface area contributed by atoms with Gasteiger partial charge in [0, 0.05) is 6.54 Å². The van der Waals surface area contributed by atoms with E-state index < -0.39 is 5.97 Å². The van der Waals surface area contributed by atoms with Crippen LogP contribution in [0, 0.1) is 0 Å². The molecule has 0 bridgehead atoms. The molecule has 2 aromatic rings. The normalized spacial score (nSPS) is 14.5. The van der Waals surface area contributed by atoms with Crippen LogP contribution >= 0.6 is 0 Å². The summed E-state index contributed by atoms with van der Waals surface area (Å²) in [6.45, 7) is 4.27. The van der Waals surface area contributed by atoms with Gasteiger partial charge in [0.05, 0.1) is 22.5 Å². The molecule has 0 spiro atoms. The van der Waals surface area contributed by atoms with Gasteiger partial charge in [-0.15, -0.1) is 0 Å². The SMILES string of the molecule is CCCNC(=O)COc1ccc(/C=C2\C(=O)N(c3ccc(C(=O)O)cc3)N=C2C)cc1. The molecule has 0 unspecified atom stereocenters. The lowest BCUT2D eigenvalue weighted by Gasteiger charge is -2.11.